The number of hydrogen-bond donors (Lipinski definition) is 0. The summed E-state index contributed by atoms with van der Waals surface area (Å²) in [7, 11) is 0. The highest BCUT2D eigenvalue weighted by Crippen LogP contribution is 2.31. The number of aromatic nitrogens is 3. The molecule has 0 N–H and O–H groups in total. The summed E-state index contributed by atoms with van der Waals surface area (Å²) < 4.78 is 1.77. The first-order chi connectivity index (χ1) is 8.50. The van der Waals surface area contributed by atoms with E-state index < -0.39 is 4.92 Å². The number of benzene rings is 1. The number of nitro groups is 1. The Bertz CT molecular complexity index is 594. The molecule has 0 amide bonds. The van der Waals surface area contributed by atoms with Gasteiger partial charge in [-0.05, 0) is 26.0 Å². The quantitative estimate of drug-likeness (QED) is 0.632. The van der Waals surface area contributed by atoms with Crippen LogP contribution in [-0.2, 0) is 0 Å². The van der Waals surface area contributed by atoms with Gasteiger partial charge in [0, 0.05) is 17.1 Å². The van der Waals surface area contributed by atoms with E-state index in [0.29, 0.717) is 16.4 Å². The third-order valence-corrected chi connectivity index (χ3v) is 2.76. The molecule has 0 saturated heterocycles. The zero-order valence-corrected chi connectivity index (χ0v) is 10.6. The van der Waals surface area contributed by atoms with Crippen molar-refractivity contribution in [3.8, 4) is 11.4 Å². The minimum Gasteiger partial charge on any atom is -0.311 e. The van der Waals surface area contributed by atoms with Gasteiger partial charge < -0.3 is 4.57 Å². The Morgan fingerprint density at radius 1 is 1.44 bits per heavy atom. The predicted molar refractivity (Wildman–Crippen MR) is 67.5 cm³/mol. The Kier molecular flexibility index (Phi) is 3.29. The second-order valence-corrected chi connectivity index (χ2v) is 4.51. The maximum absolute atomic E-state index is 11.0. The zero-order valence-electron chi connectivity index (χ0n) is 9.87. The normalized spacial score (nSPS) is 10.9. The maximum atomic E-state index is 11.0. The van der Waals surface area contributed by atoms with Gasteiger partial charge in [0.2, 0.25) is 0 Å². The Morgan fingerprint density at radius 2 is 2.17 bits per heavy atom. The van der Waals surface area contributed by atoms with E-state index in [9.17, 15) is 10.1 Å². The van der Waals surface area contributed by atoms with Gasteiger partial charge in [-0.3, -0.25) is 10.1 Å². The van der Waals surface area contributed by atoms with Crippen LogP contribution in [0.25, 0.3) is 11.4 Å². The molecular weight excluding hydrogens is 256 g/mol. The molecule has 6 nitrogen and oxygen atoms in total. The van der Waals surface area contributed by atoms with Crippen LogP contribution in [0.5, 0.6) is 0 Å². The van der Waals surface area contributed by atoms with Crippen LogP contribution in [0.4, 0.5) is 5.69 Å². The zero-order chi connectivity index (χ0) is 13.3. The number of nitrogens with zero attached hydrogens (tertiary/aromatic N) is 4. The third kappa shape index (κ3) is 2.19. The Balaban J connectivity index is 2.63. The molecule has 0 spiro atoms. The van der Waals surface area contributed by atoms with E-state index in [-0.39, 0.29) is 11.7 Å². The Hall–Kier alpha value is -1.95. The Labute approximate surface area is 108 Å². The van der Waals surface area contributed by atoms with Gasteiger partial charge in [0.05, 0.1) is 10.5 Å². The van der Waals surface area contributed by atoms with E-state index in [4.69, 9.17) is 11.6 Å². The third-order valence-electron chi connectivity index (χ3n) is 2.53. The van der Waals surface area contributed by atoms with Gasteiger partial charge in [-0.15, -0.1) is 10.2 Å². The first-order valence-corrected chi connectivity index (χ1v) is 5.72. The van der Waals surface area contributed by atoms with Crippen molar-refractivity contribution in [1.82, 2.24) is 14.8 Å². The van der Waals surface area contributed by atoms with Gasteiger partial charge in [0.1, 0.15) is 6.33 Å². The van der Waals surface area contributed by atoms with E-state index in [0.717, 1.165) is 0 Å². The smallest absolute Gasteiger partial charge is 0.281 e. The SMILES string of the molecule is CC(C)n1cnnc1-c1ccc(Cl)cc1[N+](=O)[O-]. The summed E-state index contributed by atoms with van der Waals surface area (Å²) in [5, 5.41) is 19.1. The molecular formula is C11H11ClN4O2. The summed E-state index contributed by atoms with van der Waals surface area (Å²) >= 11 is 5.78. The second-order valence-electron chi connectivity index (χ2n) is 4.07. The lowest BCUT2D eigenvalue weighted by Crippen LogP contribution is -2.03. The van der Waals surface area contributed by atoms with E-state index in [2.05, 4.69) is 10.2 Å². The first kappa shape index (κ1) is 12.5. The molecule has 0 saturated carbocycles. The second kappa shape index (κ2) is 4.73. The summed E-state index contributed by atoms with van der Waals surface area (Å²) in [4.78, 5) is 10.6. The van der Waals surface area contributed by atoms with Crippen LogP contribution in [0.3, 0.4) is 0 Å². The summed E-state index contributed by atoms with van der Waals surface area (Å²) in [5.41, 5.74) is 0.341. The van der Waals surface area contributed by atoms with Crippen LogP contribution in [0.1, 0.15) is 19.9 Å². The molecule has 0 aliphatic carbocycles. The minimum atomic E-state index is -0.472. The lowest BCUT2D eigenvalue weighted by molar-refractivity contribution is -0.384. The van der Waals surface area contributed by atoms with Crippen LogP contribution in [0.15, 0.2) is 24.5 Å². The topological polar surface area (TPSA) is 73.8 Å². The fourth-order valence-electron chi connectivity index (χ4n) is 1.66. The van der Waals surface area contributed by atoms with E-state index >= 15 is 0 Å². The van der Waals surface area contributed by atoms with Crippen LogP contribution >= 0.6 is 11.6 Å². The van der Waals surface area contributed by atoms with E-state index in [1.54, 1.807) is 23.0 Å². The van der Waals surface area contributed by atoms with Crippen LogP contribution in [-0.4, -0.2) is 19.7 Å². The van der Waals surface area contributed by atoms with Gasteiger partial charge in [0.25, 0.3) is 5.69 Å². The molecule has 0 aliphatic heterocycles. The highest BCUT2D eigenvalue weighted by atomic mass is 35.5. The molecule has 1 aromatic carbocycles. The molecule has 0 fully saturated rings. The van der Waals surface area contributed by atoms with Crippen molar-refractivity contribution in [2.24, 2.45) is 0 Å². The molecule has 0 radical (unpaired) electrons. The average Bonchev–Trinajstić information content (AvgIpc) is 2.77. The van der Waals surface area contributed by atoms with Crippen molar-refractivity contribution in [2.45, 2.75) is 19.9 Å². The van der Waals surface area contributed by atoms with E-state index in [1.165, 1.54) is 6.07 Å². The highest BCUT2D eigenvalue weighted by Gasteiger charge is 2.21. The van der Waals surface area contributed by atoms with Gasteiger partial charge >= 0.3 is 0 Å². The largest absolute Gasteiger partial charge is 0.311 e. The molecule has 18 heavy (non-hydrogen) atoms. The molecule has 94 valence electrons. The average molecular weight is 267 g/mol. The number of rotatable bonds is 3. The molecule has 1 aromatic heterocycles. The Morgan fingerprint density at radius 3 is 2.78 bits per heavy atom. The monoisotopic (exact) mass is 266 g/mol. The highest BCUT2D eigenvalue weighted by molar-refractivity contribution is 6.30. The lowest BCUT2D eigenvalue weighted by Gasteiger charge is -2.10. The summed E-state index contributed by atoms with van der Waals surface area (Å²) in [6.07, 6.45) is 1.55. The fourth-order valence-corrected chi connectivity index (χ4v) is 1.82. The first-order valence-electron chi connectivity index (χ1n) is 5.34. The minimum absolute atomic E-state index is 0.0719. The van der Waals surface area contributed by atoms with Crippen LogP contribution < -0.4 is 0 Å². The van der Waals surface area contributed by atoms with Gasteiger partial charge in [-0.1, -0.05) is 11.6 Å². The molecule has 0 unspecified atom stereocenters. The van der Waals surface area contributed by atoms with Gasteiger partial charge in [0.15, 0.2) is 5.82 Å². The number of nitro benzene ring substituents is 1. The summed E-state index contributed by atoms with van der Waals surface area (Å²) in [5.74, 6) is 0.466. The van der Waals surface area contributed by atoms with Crippen molar-refractivity contribution in [1.29, 1.82) is 0 Å². The van der Waals surface area contributed by atoms with Crippen molar-refractivity contribution in [2.75, 3.05) is 0 Å². The van der Waals surface area contributed by atoms with Crippen molar-refractivity contribution in [3.05, 3.63) is 39.7 Å². The standard InChI is InChI=1S/C11H11ClN4O2/c1-7(2)15-6-13-14-11(15)9-4-3-8(12)5-10(9)16(17)18/h3-7H,1-2H3. The lowest BCUT2D eigenvalue weighted by atomic mass is 10.1. The van der Waals surface area contributed by atoms with Crippen molar-refractivity contribution >= 4 is 17.3 Å². The molecule has 0 bridgehead atoms. The van der Waals surface area contributed by atoms with Gasteiger partial charge in [-0.2, -0.15) is 0 Å². The van der Waals surface area contributed by atoms with Crippen LogP contribution in [0.2, 0.25) is 5.02 Å². The molecule has 1 heterocycles. The molecule has 2 rings (SSSR count). The molecule has 2 aromatic rings. The number of hydrogen-bond acceptors (Lipinski definition) is 4. The van der Waals surface area contributed by atoms with Crippen LogP contribution in [0, 0.1) is 10.1 Å². The molecule has 0 aliphatic rings. The predicted octanol–water partition coefficient (Wildman–Crippen LogP) is 3.09. The number of halogens is 1. The molecule has 7 heteroatoms. The van der Waals surface area contributed by atoms with E-state index in [1.807, 2.05) is 13.8 Å². The van der Waals surface area contributed by atoms with Gasteiger partial charge in [-0.25, -0.2) is 0 Å². The summed E-state index contributed by atoms with van der Waals surface area (Å²) in [6.45, 7) is 3.91. The van der Waals surface area contributed by atoms with Crippen molar-refractivity contribution in [3.63, 3.8) is 0 Å². The summed E-state index contributed by atoms with van der Waals surface area (Å²) in [6, 6.07) is 4.62. The maximum Gasteiger partial charge on any atom is 0.281 e. The fraction of sp³-hybridized carbons (Fsp3) is 0.273. The molecule has 0 atom stereocenters. The van der Waals surface area contributed by atoms with Crippen molar-refractivity contribution < 1.29 is 4.92 Å².